The molecule has 1 aliphatic carbocycles. The summed E-state index contributed by atoms with van der Waals surface area (Å²) < 4.78 is 1.91. The first-order chi connectivity index (χ1) is 7.29. The summed E-state index contributed by atoms with van der Waals surface area (Å²) in [5, 5.41) is 7.87. The summed E-state index contributed by atoms with van der Waals surface area (Å²) in [5.41, 5.74) is 11.2. The molecule has 0 bridgehead atoms. The lowest BCUT2D eigenvalue weighted by Crippen LogP contribution is -2.21. The zero-order valence-corrected chi connectivity index (χ0v) is 8.97. The van der Waals surface area contributed by atoms with Crippen LogP contribution in [0.15, 0.2) is 6.20 Å². The number of nitrogens with two attached hydrogens (primary N) is 2. The maximum atomic E-state index is 5.59. The van der Waals surface area contributed by atoms with Crippen LogP contribution < -0.4 is 11.5 Å². The predicted octanol–water partition coefficient (Wildman–Crippen LogP) is 0.940. The molecule has 15 heavy (non-hydrogen) atoms. The van der Waals surface area contributed by atoms with E-state index in [0.717, 1.165) is 18.9 Å². The Bertz CT molecular complexity index is 307. The van der Waals surface area contributed by atoms with Crippen LogP contribution in [0, 0.1) is 5.92 Å². The van der Waals surface area contributed by atoms with Crippen LogP contribution in [0.1, 0.15) is 38.1 Å². The van der Waals surface area contributed by atoms with Crippen molar-refractivity contribution in [2.24, 2.45) is 11.7 Å². The summed E-state index contributed by atoms with van der Waals surface area (Å²) in [7, 11) is 0. The number of rotatable bonds is 3. The highest BCUT2D eigenvalue weighted by Crippen LogP contribution is 2.33. The summed E-state index contributed by atoms with van der Waals surface area (Å²) in [5.74, 6) is 1.26. The molecular formula is C10H19N5. The Morgan fingerprint density at radius 1 is 1.47 bits per heavy atom. The van der Waals surface area contributed by atoms with Gasteiger partial charge in [0.25, 0.3) is 0 Å². The molecule has 0 aliphatic heterocycles. The zero-order valence-electron chi connectivity index (χ0n) is 8.97. The second kappa shape index (κ2) is 4.61. The van der Waals surface area contributed by atoms with Gasteiger partial charge >= 0.3 is 0 Å². The van der Waals surface area contributed by atoms with E-state index < -0.39 is 0 Å². The van der Waals surface area contributed by atoms with Crippen LogP contribution >= 0.6 is 0 Å². The average molecular weight is 209 g/mol. The highest BCUT2D eigenvalue weighted by molar-refractivity contribution is 5.20. The number of nitrogens with zero attached hydrogens (tertiary/aromatic N) is 3. The van der Waals surface area contributed by atoms with Crippen molar-refractivity contribution in [2.45, 2.75) is 38.1 Å². The minimum atomic E-state index is 0.472. The lowest BCUT2D eigenvalue weighted by molar-refractivity contribution is 0.242. The van der Waals surface area contributed by atoms with E-state index in [1.54, 1.807) is 0 Å². The smallest absolute Gasteiger partial charge is 0.165 e. The number of anilines is 1. The van der Waals surface area contributed by atoms with Crippen molar-refractivity contribution in [3.05, 3.63) is 6.20 Å². The third-order valence-corrected chi connectivity index (χ3v) is 3.23. The Morgan fingerprint density at radius 3 is 3.00 bits per heavy atom. The van der Waals surface area contributed by atoms with Gasteiger partial charge in [0.2, 0.25) is 0 Å². The van der Waals surface area contributed by atoms with Gasteiger partial charge in [0, 0.05) is 0 Å². The molecule has 0 aromatic carbocycles. The van der Waals surface area contributed by atoms with Gasteiger partial charge in [-0.2, -0.15) is 0 Å². The van der Waals surface area contributed by atoms with E-state index in [0.29, 0.717) is 11.9 Å². The Balaban J connectivity index is 1.98. The van der Waals surface area contributed by atoms with E-state index in [1.165, 1.54) is 25.7 Å². The molecule has 84 valence electrons. The molecule has 2 unspecified atom stereocenters. The first kappa shape index (κ1) is 10.4. The molecule has 4 N–H and O–H groups in total. The van der Waals surface area contributed by atoms with Gasteiger partial charge in [0.05, 0.1) is 12.2 Å². The molecule has 0 radical (unpaired) electrons. The highest BCUT2D eigenvalue weighted by atomic mass is 15.4. The molecule has 0 spiro atoms. The molecule has 1 aromatic heterocycles. The van der Waals surface area contributed by atoms with E-state index in [-0.39, 0.29) is 0 Å². The molecule has 1 fully saturated rings. The maximum Gasteiger partial charge on any atom is 0.165 e. The van der Waals surface area contributed by atoms with Gasteiger partial charge in [0.1, 0.15) is 0 Å². The summed E-state index contributed by atoms with van der Waals surface area (Å²) >= 11 is 0. The number of aromatic nitrogens is 3. The highest BCUT2D eigenvalue weighted by Gasteiger charge is 2.23. The first-order valence-electron chi connectivity index (χ1n) is 5.67. The van der Waals surface area contributed by atoms with Gasteiger partial charge in [-0.3, -0.25) is 0 Å². The summed E-state index contributed by atoms with van der Waals surface area (Å²) in [6.45, 7) is 0.789. The largest absolute Gasteiger partial charge is 0.381 e. The third kappa shape index (κ3) is 2.47. The molecule has 1 saturated carbocycles. The van der Waals surface area contributed by atoms with Gasteiger partial charge in [-0.1, -0.05) is 18.1 Å². The van der Waals surface area contributed by atoms with Crippen LogP contribution in [-0.2, 0) is 0 Å². The van der Waals surface area contributed by atoms with E-state index >= 15 is 0 Å². The van der Waals surface area contributed by atoms with Crippen molar-refractivity contribution in [1.82, 2.24) is 15.0 Å². The van der Waals surface area contributed by atoms with E-state index in [4.69, 9.17) is 11.5 Å². The SMILES string of the molecule is NCCC1CCCC(n2cc(N)nn2)C1. The normalized spacial score (nSPS) is 26.7. The van der Waals surface area contributed by atoms with E-state index in [9.17, 15) is 0 Å². The Kier molecular flexibility index (Phi) is 3.20. The molecule has 0 saturated heterocycles. The first-order valence-corrected chi connectivity index (χ1v) is 5.67. The molecule has 5 heteroatoms. The monoisotopic (exact) mass is 209 g/mol. The van der Waals surface area contributed by atoms with Crippen LogP contribution in [0.3, 0.4) is 0 Å². The van der Waals surface area contributed by atoms with Gasteiger partial charge in [-0.05, 0) is 31.7 Å². The maximum absolute atomic E-state index is 5.59. The third-order valence-electron chi connectivity index (χ3n) is 3.23. The average Bonchev–Trinajstić information content (AvgIpc) is 2.66. The summed E-state index contributed by atoms with van der Waals surface area (Å²) in [4.78, 5) is 0. The zero-order chi connectivity index (χ0) is 10.7. The second-order valence-electron chi connectivity index (χ2n) is 4.39. The summed E-state index contributed by atoms with van der Waals surface area (Å²) in [6.07, 6.45) is 7.87. The fraction of sp³-hybridized carbons (Fsp3) is 0.800. The van der Waals surface area contributed by atoms with Crippen molar-refractivity contribution >= 4 is 5.82 Å². The van der Waals surface area contributed by atoms with Crippen LogP contribution in [0.5, 0.6) is 0 Å². The Morgan fingerprint density at radius 2 is 2.33 bits per heavy atom. The van der Waals surface area contributed by atoms with E-state index in [1.807, 2.05) is 10.9 Å². The molecular weight excluding hydrogens is 190 g/mol. The number of hydrogen-bond acceptors (Lipinski definition) is 4. The minimum Gasteiger partial charge on any atom is -0.381 e. The van der Waals surface area contributed by atoms with Gasteiger partial charge in [-0.25, -0.2) is 4.68 Å². The van der Waals surface area contributed by atoms with Gasteiger partial charge < -0.3 is 11.5 Å². The van der Waals surface area contributed by atoms with Crippen molar-refractivity contribution in [3.8, 4) is 0 Å². The second-order valence-corrected chi connectivity index (χ2v) is 4.39. The van der Waals surface area contributed by atoms with E-state index in [2.05, 4.69) is 10.3 Å². The lowest BCUT2D eigenvalue weighted by Gasteiger charge is -2.28. The van der Waals surface area contributed by atoms with Gasteiger partial charge in [-0.15, -0.1) is 5.10 Å². The van der Waals surface area contributed by atoms with Crippen LogP contribution in [0.2, 0.25) is 0 Å². The van der Waals surface area contributed by atoms with Gasteiger partial charge in [0.15, 0.2) is 5.82 Å². The quantitative estimate of drug-likeness (QED) is 0.776. The molecule has 0 amide bonds. The van der Waals surface area contributed by atoms with Crippen LogP contribution in [0.25, 0.3) is 0 Å². The predicted molar refractivity (Wildman–Crippen MR) is 59.1 cm³/mol. The molecule has 2 atom stereocenters. The number of nitrogen functional groups attached to an aromatic ring is 1. The summed E-state index contributed by atoms with van der Waals surface area (Å²) in [6, 6.07) is 0.472. The Hall–Kier alpha value is -1.10. The topological polar surface area (TPSA) is 82.8 Å². The molecule has 1 aliphatic rings. The standard InChI is InChI=1S/C10H19N5/c11-5-4-8-2-1-3-9(6-8)15-7-10(12)13-14-15/h7-9H,1-6,11-12H2. The molecule has 1 aromatic rings. The molecule has 5 nitrogen and oxygen atoms in total. The van der Waals surface area contributed by atoms with Crippen molar-refractivity contribution in [1.29, 1.82) is 0 Å². The fourth-order valence-corrected chi connectivity index (χ4v) is 2.47. The van der Waals surface area contributed by atoms with Crippen LogP contribution in [0.4, 0.5) is 5.82 Å². The Labute approximate surface area is 89.8 Å². The van der Waals surface area contributed by atoms with Crippen molar-refractivity contribution in [2.75, 3.05) is 12.3 Å². The van der Waals surface area contributed by atoms with Crippen molar-refractivity contribution in [3.63, 3.8) is 0 Å². The fourth-order valence-electron chi connectivity index (χ4n) is 2.47. The molecule has 1 heterocycles. The lowest BCUT2D eigenvalue weighted by atomic mass is 9.84. The van der Waals surface area contributed by atoms with Crippen LogP contribution in [-0.4, -0.2) is 21.5 Å². The number of hydrogen-bond donors (Lipinski definition) is 2. The van der Waals surface area contributed by atoms with Crippen molar-refractivity contribution < 1.29 is 0 Å². The minimum absolute atomic E-state index is 0.472. The molecule has 2 rings (SSSR count).